The number of nitrogens with one attached hydrogen (secondary N) is 1. The van der Waals surface area contributed by atoms with Gasteiger partial charge in [0.05, 0.1) is 5.56 Å². The molecule has 0 saturated heterocycles. The predicted octanol–water partition coefficient (Wildman–Crippen LogP) is 1.77. The molecule has 3 aromatic rings. The van der Waals surface area contributed by atoms with E-state index in [-0.39, 0.29) is 5.91 Å². The summed E-state index contributed by atoms with van der Waals surface area (Å²) in [6, 6.07) is 3.97. The average Bonchev–Trinajstić information content (AvgIpc) is 3.12. The van der Waals surface area contributed by atoms with Gasteiger partial charge in [0.15, 0.2) is 5.82 Å². The van der Waals surface area contributed by atoms with E-state index in [1.54, 1.807) is 23.3 Å². The van der Waals surface area contributed by atoms with Crippen LogP contribution in [0.4, 0.5) is 0 Å². The Kier molecular flexibility index (Phi) is 3.56. The zero-order chi connectivity index (χ0) is 16.5. The van der Waals surface area contributed by atoms with Crippen LogP contribution in [0.5, 0.6) is 0 Å². The van der Waals surface area contributed by atoms with Crippen LogP contribution in [0.15, 0.2) is 35.4 Å². The van der Waals surface area contributed by atoms with Gasteiger partial charge in [-0.25, -0.2) is 9.97 Å². The molecule has 4 rings (SSSR count). The second-order valence-corrected chi connectivity index (χ2v) is 5.69. The number of imidazole rings is 1. The SMILES string of the molecule is CCc1noc(-c2ccc(-n3cnc(C(=O)NC4CC4)c3)nc2)n1. The summed E-state index contributed by atoms with van der Waals surface area (Å²) >= 11 is 0. The number of rotatable bonds is 5. The molecule has 8 nitrogen and oxygen atoms in total. The molecule has 1 aliphatic rings. The van der Waals surface area contributed by atoms with E-state index in [1.165, 1.54) is 0 Å². The highest BCUT2D eigenvalue weighted by atomic mass is 16.5. The number of carbonyl (C=O) groups is 1. The van der Waals surface area contributed by atoms with Crippen molar-refractivity contribution in [1.29, 1.82) is 0 Å². The molecule has 1 N–H and O–H groups in total. The van der Waals surface area contributed by atoms with Crippen LogP contribution >= 0.6 is 0 Å². The Labute approximate surface area is 137 Å². The fourth-order valence-electron chi connectivity index (χ4n) is 2.23. The second kappa shape index (κ2) is 5.88. The first-order valence-corrected chi connectivity index (χ1v) is 7.87. The molecule has 0 bridgehead atoms. The van der Waals surface area contributed by atoms with Gasteiger partial charge < -0.3 is 9.84 Å². The van der Waals surface area contributed by atoms with Gasteiger partial charge in [0.1, 0.15) is 17.8 Å². The summed E-state index contributed by atoms with van der Waals surface area (Å²) in [6.45, 7) is 1.96. The van der Waals surface area contributed by atoms with E-state index in [1.807, 2.05) is 19.1 Å². The smallest absolute Gasteiger partial charge is 0.271 e. The summed E-state index contributed by atoms with van der Waals surface area (Å²) in [4.78, 5) is 24.8. The van der Waals surface area contributed by atoms with E-state index < -0.39 is 0 Å². The van der Waals surface area contributed by atoms with Crippen LogP contribution in [0.25, 0.3) is 17.3 Å². The summed E-state index contributed by atoms with van der Waals surface area (Å²) < 4.78 is 6.90. The van der Waals surface area contributed by atoms with E-state index >= 15 is 0 Å². The molecule has 1 fully saturated rings. The summed E-state index contributed by atoms with van der Waals surface area (Å²) in [5.74, 6) is 1.62. The molecule has 122 valence electrons. The Morgan fingerprint density at radius 3 is 2.92 bits per heavy atom. The van der Waals surface area contributed by atoms with E-state index in [2.05, 4.69) is 25.4 Å². The lowest BCUT2D eigenvalue weighted by Gasteiger charge is -2.01. The molecule has 8 heteroatoms. The molecule has 1 aliphatic carbocycles. The largest absolute Gasteiger partial charge is 0.348 e. The van der Waals surface area contributed by atoms with Crippen LogP contribution < -0.4 is 5.32 Å². The zero-order valence-electron chi connectivity index (χ0n) is 13.1. The number of hydrogen-bond acceptors (Lipinski definition) is 6. The molecule has 3 aromatic heterocycles. The van der Waals surface area contributed by atoms with Crippen LogP contribution in [0.3, 0.4) is 0 Å². The Morgan fingerprint density at radius 1 is 1.38 bits per heavy atom. The van der Waals surface area contributed by atoms with E-state index in [0.717, 1.165) is 24.8 Å². The fraction of sp³-hybridized carbons (Fsp3) is 0.312. The molecule has 24 heavy (non-hydrogen) atoms. The Bertz CT molecular complexity index is 863. The minimum Gasteiger partial charge on any atom is -0.348 e. The Hall–Kier alpha value is -3.03. The van der Waals surface area contributed by atoms with Crippen LogP contribution in [0.1, 0.15) is 36.1 Å². The number of aromatic nitrogens is 5. The van der Waals surface area contributed by atoms with Gasteiger partial charge in [-0.05, 0) is 25.0 Å². The maximum Gasteiger partial charge on any atom is 0.271 e. The molecule has 0 unspecified atom stereocenters. The molecule has 0 aromatic carbocycles. The normalized spacial score (nSPS) is 13.9. The van der Waals surface area contributed by atoms with Crippen molar-refractivity contribution in [2.75, 3.05) is 0 Å². The van der Waals surface area contributed by atoms with Gasteiger partial charge in [0, 0.05) is 24.9 Å². The molecular formula is C16H16N6O2. The van der Waals surface area contributed by atoms with E-state index in [0.29, 0.717) is 29.3 Å². The molecule has 0 spiro atoms. The Balaban J connectivity index is 1.52. The van der Waals surface area contributed by atoms with Crippen LogP contribution in [-0.2, 0) is 6.42 Å². The fourth-order valence-corrected chi connectivity index (χ4v) is 2.23. The van der Waals surface area contributed by atoms with Crippen molar-refractivity contribution < 1.29 is 9.32 Å². The van der Waals surface area contributed by atoms with Crippen LogP contribution in [0.2, 0.25) is 0 Å². The number of hydrogen-bond donors (Lipinski definition) is 1. The van der Waals surface area contributed by atoms with Gasteiger partial charge in [0.2, 0.25) is 0 Å². The molecule has 0 aliphatic heterocycles. The summed E-state index contributed by atoms with van der Waals surface area (Å²) in [5.41, 5.74) is 1.13. The van der Waals surface area contributed by atoms with Gasteiger partial charge >= 0.3 is 0 Å². The first-order chi connectivity index (χ1) is 11.7. The topological polar surface area (TPSA) is 98.7 Å². The number of nitrogens with zero attached hydrogens (tertiary/aromatic N) is 5. The van der Waals surface area contributed by atoms with Crippen LogP contribution in [0, 0.1) is 0 Å². The second-order valence-electron chi connectivity index (χ2n) is 5.69. The van der Waals surface area contributed by atoms with Crippen molar-refractivity contribution in [1.82, 2.24) is 30.0 Å². The number of aryl methyl sites for hydroxylation is 1. The van der Waals surface area contributed by atoms with Gasteiger partial charge in [-0.1, -0.05) is 12.1 Å². The first kappa shape index (κ1) is 14.6. The van der Waals surface area contributed by atoms with Crippen molar-refractivity contribution in [3.8, 4) is 17.3 Å². The molecule has 1 saturated carbocycles. The highest BCUT2D eigenvalue weighted by Gasteiger charge is 2.24. The standard InChI is InChI=1S/C16H16N6O2/c1-2-13-20-16(24-21-13)10-3-6-14(17-7-10)22-8-12(18-9-22)15(23)19-11-4-5-11/h3,6-9,11H,2,4-5H2,1H3,(H,19,23). The first-order valence-electron chi connectivity index (χ1n) is 7.87. The van der Waals surface area contributed by atoms with Crippen molar-refractivity contribution in [2.24, 2.45) is 0 Å². The third kappa shape index (κ3) is 2.90. The predicted molar refractivity (Wildman–Crippen MR) is 84.5 cm³/mol. The Morgan fingerprint density at radius 2 is 2.25 bits per heavy atom. The minimum absolute atomic E-state index is 0.147. The lowest BCUT2D eigenvalue weighted by molar-refractivity contribution is 0.0946. The third-order valence-corrected chi connectivity index (χ3v) is 3.77. The quantitative estimate of drug-likeness (QED) is 0.768. The van der Waals surface area contributed by atoms with E-state index in [9.17, 15) is 4.79 Å². The van der Waals surface area contributed by atoms with Crippen molar-refractivity contribution >= 4 is 5.91 Å². The molecule has 3 heterocycles. The number of amides is 1. The molecule has 1 amide bonds. The van der Waals surface area contributed by atoms with Crippen molar-refractivity contribution in [2.45, 2.75) is 32.2 Å². The van der Waals surface area contributed by atoms with E-state index in [4.69, 9.17) is 4.52 Å². The summed E-state index contributed by atoms with van der Waals surface area (Å²) in [5, 5.41) is 6.78. The maximum atomic E-state index is 12.0. The van der Waals surface area contributed by atoms with Gasteiger partial charge in [-0.2, -0.15) is 4.98 Å². The average molecular weight is 324 g/mol. The third-order valence-electron chi connectivity index (χ3n) is 3.77. The minimum atomic E-state index is -0.147. The monoisotopic (exact) mass is 324 g/mol. The van der Waals surface area contributed by atoms with Crippen LogP contribution in [-0.4, -0.2) is 36.6 Å². The highest BCUT2D eigenvalue weighted by Crippen LogP contribution is 2.20. The zero-order valence-corrected chi connectivity index (χ0v) is 13.1. The lowest BCUT2D eigenvalue weighted by Crippen LogP contribution is -2.25. The van der Waals surface area contributed by atoms with Crippen molar-refractivity contribution in [3.05, 3.63) is 42.4 Å². The van der Waals surface area contributed by atoms with Crippen molar-refractivity contribution in [3.63, 3.8) is 0 Å². The summed E-state index contributed by atoms with van der Waals surface area (Å²) in [7, 11) is 0. The number of carbonyl (C=O) groups excluding carboxylic acids is 1. The molecule has 0 radical (unpaired) electrons. The van der Waals surface area contributed by atoms with Gasteiger partial charge in [-0.3, -0.25) is 9.36 Å². The van der Waals surface area contributed by atoms with Gasteiger partial charge in [0.25, 0.3) is 11.8 Å². The lowest BCUT2D eigenvalue weighted by atomic mass is 10.3. The highest BCUT2D eigenvalue weighted by molar-refractivity contribution is 5.92. The molecular weight excluding hydrogens is 308 g/mol. The molecule has 0 atom stereocenters. The van der Waals surface area contributed by atoms with Gasteiger partial charge in [-0.15, -0.1) is 0 Å². The maximum absolute atomic E-state index is 12.0. The summed E-state index contributed by atoms with van der Waals surface area (Å²) in [6.07, 6.45) is 7.71. The number of pyridine rings is 1.